The van der Waals surface area contributed by atoms with Crippen molar-refractivity contribution in [2.24, 2.45) is 16.8 Å². The number of nitrogens with one attached hydrogen (secondary N) is 2. The maximum absolute atomic E-state index is 12.2. The van der Waals surface area contributed by atoms with Gasteiger partial charge < -0.3 is 15.5 Å². The maximum atomic E-state index is 12.2. The molecule has 0 radical (unpaired) electrons. The van der Waals surface area contributed by atoms with E-state index < -0.39 is 0 Å². The molecule has 1 atom stereocenters. The zero-order chi connectivity index (χ0) is 18.8. The number of aliphatic imine (C=N–C) groups is 1. The molecule has 1 aromatic rings. The Morgan fingerprint density at radius 3 is 2.67 bits per heavy atom. The summed E-state index contributed by atoms with van der Waals surface area (Å²) in [5.74, 6) is 2.20. The fourth-order valence-electron chi connectivity index (χ4n) is 3.29. The second kappa shape index (κ2) is 13.0. The van der Waals surface area contributed by atoms with Gasteiger partial charge in [0.2, 0.25) is 5.91 Å². The number of nitrogens with zero attached hydrogens (tertiary/aromatic N) is 2. The first kappa shape index (κ1) is 23.7. The smallest absolute Gasteiger partial charge is 0.223 e. The second-order valence-electron chi connectivity index (χ2n) is 7.56. The minimum Gasteiger partial charge on any atom is -0.356 e. The van der Waals surface area contributed by atoms with Crippen molar-refractivity contribution in [2.45, 2.75) is 39.5 Å². The number of carbonyl (C=O) groups excluding carboxylic acids is 1. The average molecular weight is 486 g/mol. The van der Waals surface area contributed by atoms with E-state index in [1.807, 2.05) is 23.1 Å². The molecule has 1 unspecified atom stereocenters. The van der Waals surface area contributed by atoms with E-state index in [-0.39, 0.29) is 29.9 Å². The molecule has 152 valence electrons. The quantitative estimate of drug-likeness (QED) is 0.244. The summed E-state index contributed by atoms with van der Waals surface area (Å²) in [4.78, 5) is 18.5. The van der Waals surface area contributed by atoms with Crippen molar-refractivity contribution in [3.63, 3.8) is 0 Å². The molecule has 6 heteroatoms. The van der Waals surface area contributed by atoms with E-state index in [4.69, 9.17) is 0 Å². The molecule has 1 aliphatic rings. The molecule has 1 heterocycles. The van der Waals surface area contributed by atoms with E-state index in [1.165, 1.54) is 12.0 Å². The van der Waals surface area contributed by atoms with Crippen molar-refractivity contribution in [3.05, 3.63) is 35.9 Å². The topological polar surface area (TPSA) is 56.7 Å². The first-order chi connectivity index (χ1) is 12.6. The Morgan fingerprint density at radius 2 is 2.00 bits per heavy atom. The van der Waals surface area contributed by atoms with Crippen LogP contribution in [0.3, 0.4) is 0 Å². The van der Waals surface area contributed by atoms with Crippen LogP contribution in [0.4, 0.5) is 0 Å². The van der Waals surface area contributed by atoms with Crippen LogP contribution in [0.1, 0.15) is 38.7 Å². The number of halogens is 1. The van der Waals surface area contributed by atoms with Gasteiger partial charge in [-0.05, 0) is 30.7 Å². The van der Waals surface area contributed by atoms with Crippen LogP contribution in [0.25, 0.3) is 0 Å². The normalized spacial score (nSPS) is 17.2. The molecule has 0 bridgehead atoms. The SMILES string of the molecule is CN=C(NCCCC(C)C)NCC1CC(=O)N(CCc2ccccc2)C1.I. The Labute approximate surface area is 181 Å². The van der Waals surface area contributed by atoms with Crippen molar-refractivity contribution in [1.29, 1.82) is 0 Å². The standard InChI is InChI=1S/C21H34N4O.HI/c1-17(2)8-7-12-23-21(22-3)24-15-19-14-20(26)25(16-19)13-11-18-9-5-4-6-10-18;/h4-6,9-10,17,19H,7-8,11-16H2,1-3H3,(H2,22,23,24);1H. The molecule has 1 amide bonds. The van der Waals surface area contributed by atoms with Gasteiger partial charge in [0, 0.05) is 45.6 Å². The highest BCUT2D eigenvalue weighted by atomic mass is 127. The first-order valence-electron chi connectivity index (χ1n) is 9.84. The molecule has 0 spiro atoms. The van der Waals surface area contributed by atoms with Gasteiger partial charge in [0.25, 0.3) is 0 Å². The van der Waals surface area contributed by atoms with E-state index in [0.29, 0.717) is 12.3 Å². The molecule has 5 nitrogen and oxygen atoms in total. The number of guanidine groups is 1. The molecule has 1 aliphatic heterocycles. The predicted molar refractivity (Wildman–Crippen MR) is 124 cm³/mol. The number of likely N-dealkylation sites (tertiary alicyclic amines) is 1. The Balaban J connectivity index is 0.00000364. The van der Waals surface area contributed by atoms with Crippen molar-refractivity contribution in [1.82, 2.24) is 15.5 Å². The molecule has 27 heavy (non-hydrogen) atoms. The first-order valence-corrected chi connectivity index (χ1v) is 9.84. The number of carbonyl (C=O) groups is 1. The van der Waals surface area contributed by atoms with E-state index >= 15 is 0 Å². The molecule has 0 aromatic heterocycles. The van der Waals surface area contributed by atoms with Crippen LogP contribution in [-0.2, 0) is 11.2 Å². The van der Waals surface area contributed by atoms with E-state index in [2.05, 4.69) is 41.6 Å². The van der Waals surface area contributed by atoms with Gasteiger partial charge in [0.05, 0.1) is 0 Å². The van der Waals surface area contributed by atoms with Gasteiger partial charge in [-0.25, -0.2) is 0 Å². The van der Waals surface area contributed by atoms with Crippen molar-refractivity contribution in [2.75, 3.05) is 33.2 Å². The summed E-state index contributed by atoms with van der Waals surface area (Å²) in [6, 6.07) is 10.4. The Hall–Kier alpha value is -1.31. The molecule has 0 saturated carbocycles. The summed E-state index contributed by atoms with van der Waals surface area (Å²) in [6.45, 7) is 7.86. The fraction of sp³-hybridized carbons (Fsp3) is 0.619. The summed E-state index contributed by atoms with van der Waals surface area (Å²) in [6.07, 6.45) is 3.92. The molecule has 1 aromatic carbocycles. The predicted octanol–water partition coefficient (Wildman–Crippen LogP) is 3.30. The minimum atomic E-state index is 0. The lowest BCUT2D eigenvalue weighted by Gasteiger charge is -2.18. The van der Waals surface area contributed by atoms with Crippen molar-refractivity contribution in [3.8, 4) is 0 Å². The van der Waals surface area contributed by atoms with Gasteiger partial charge in [-0.1, -0.05) is 44.2 Å². The molecule has 0 aliphatic carbocycles. The zero-order valence-electron chi connectivity index (χ0n) is 16.9. The van der Waals surface area contributed by atoms with Gasteiger partial charge in [-0.3, -0.25) is 9.79 Å². The molecule has 2 N–H and O–H groups in total. The van der Waals surface area contributed by atoms with Crippen molar-refractivity contribution < 1.29 is 4.79 Å². The lowest BCUT2D eigenvalue weighted by atomic mass is 10.1. The maximum Gasteiger partial charge on any atom is 0.223 e. The van der Waals surface area contributed by atoms with Crippen LogP contribution in [0.15, 0.2) is 35.3 Å². The second-order valence-corrected chi connectivity index (χ2v) is 7.56. The summed E-state index contributed by atoms with van der Waals surface area (Å²) >= 11 is 0. The molecule has 1 saturated heterocycles. The fourth-order valence-corrected chi connectivity index (χ4v) is 3.29. The third-order valence-corrected chi connectivity index (χ3v) is 4.84. The van der Waals surface area contributed by atoms with Gasteiger partial charge in [-0.2, -0.15) is 0 Å². The Kier molecular flexibility index (Phi) is 11.4. The lowest BCUT2D eigenvalue weighted by Crippen LogP contribution is -2.40. The highest BCUT2D eigenvalue weighted by Gasteiger charge is 2.29. The van der Waals surface area contributed by atoms with Crippen LogP contribution >= 0.6 is 24.0 Å². The van der Waals surface area contributed by atoms with Crippen LogP contribution in [0.2, 0.25) is 0 Å². The van der Waals surface area contributed by atoms with E-state index in [0.717, 1.165) is 50.9 Å². The van der Waals surface area contributed by atoms with E-state index in [1.54, 1.807) is 7.05 Å². The summed E-state index contributed by atoms with van der Waals surface area (Å²) < 4.78 is 0. The third kappa shape index (κ3) is 8.95. The lowest BCUT2D eigenvalue weighted by molar-refractivity contribution is -0.127. The average Bonchev–Trinajstić information content (AvgIpc) is 3.00. The number of hydrogen-bond donors (Lipinski definition) is 2. The largest absolute Gasteiger partial charge is 0.356 e. The highest BCUT2D eigenvalue weighted by molar-refractivity contribution is 14.0. The van der Waals surface area contributed by atoms with Gasteiger partial charge >= 0.3 is 0 Å². The summed E-state index contributed by atoms with van der Waals surface area (Å²) in [7, 11) is 1.80. The third-order valence-electron chi connectivity index (χ3n) is 4.84. The molecular weight excluding hydrogens is 451 g/mol. The van der Waals surface area contributed by atoms with Crippen LogP contribution in [0.5, 0.6) is 0 Å². The minimum absolute atomic E-state index is 0. The summed E-state index contributed by atoms with van der Waals surface area (Å²) in [5.41, 5.74) is 1.29. The molecule has 1 fully saturated rings. The molecular formula is C21H35IN4O. The van der Waals surface area contributed by atoms with Crippen LogP contribution in [0, 0.1) is 11.8 Å². The number of benzene rings is 1. The Morgan fingerprint density at radius 1 is 1.26 bits per heavy atom. The van der Waals surface area contributed by atoms with Gasteiger partial charge in [0.1, 0.15) is 0 Å². The number of amides is 1. The van der Waals surface area contributed by atoms with Crippen LogP contribution < -0.4 is 10.6 Å². The van der Waals surface area contributed by atoms with Gasteiger partial charge in [-0.15, -0.1) is 24.0 Å². The van der Waals surface area contributed by atoms with E-state index in [9.17, 15) is 4.79 Å². The number of hydrogen-bond acceptors (Lipinski definition) is 2. The van der Waals surface area contributed by atoms with Crippen LogP contribution in [-0.4, -0.2) is 50.0 Å². The van der Waals surface area contributed by atoms with Gasteiger partial charge in [0.15, 0.2) is 5.96 Å². The molecule has 2 rings (SSSR count). The summed E-state index contributed by atoms with van der Waals surface area (Å²) in [5, 5.41) is 6.73. The zero-order valence-corrected chi connectivity index (χ0v) is 19.2. The Bertz CT molecular complexity index is 577. The monoisotopic (exact) mass is 486 g/mol. The number of rotatable bonds is 9. The van der Waals surface area contributed by atoms with Crippen molar-refractivity contribution >= 4 is 35.8 Å². The highest BCUT2D eigenvalue weighted by Crippen LogP contribution is 2.17.